The predicted octanol–water partition coefficient (Wildman–Crippen LogP) is 29.1. The molecule has 0 spiro atoms. The third-order valence-electron chi connectivity index (χ3n) is 25.3. The van der Waals surface area contributed by atoms with E-state index in [0.29, 0.717) is 0 Å². The van der Waals surface area contributed by atoms with E-state index in [0.717, 1.165) is 23.5 Å². The van der Waals surface area contributed by atoms with E-state index in [1.54, 1.807) is 0 Å². The minimum Gasteiger partial charge on any atom is -0.485 e. The monoisotopic (exact) mass is 1400 g/mol. The van der Waals surface area contributed by atoms with Gasteiger partial charge in [0.05, 0.1) is 5.92 Å². The zero-order chi connectivity index (χ0) is 71.8. The van der Waals surface area contributed by atoms with Crippen LogP contribution in [0.25, 0.3) is 186 Å². The molecule has 0 radical (unpaired) electrons. The summed E-state index contributed by atoms with van der Waals surface area (Å²) in [7, 11) is 0. The molecule has 5 aliphatic rings. The molecule has 18 aromatic carbocycles. The molecule has 0 saturated carbocycles. The molecular weight excluding hydrogens is 1330 g/mol. The lowest BCUT2D eigenvalue weighted by atomic mass is 9.71. The van der Waals surface area contributed by atoms with E-state index in [1.165, 1.54) is 207 Å². The molecule has 1 aromatic heterocycles. The van der Waals surface area contributed by atoms with Gasteiger partial charge in [-0.2, -0.15) is 0 Å². The van der Waals surface area contributed by atoms with Gasteiger partial charge >= 0.3 is 0 Å². The lowest BCUT2D eigenvalue weighted by Crippen LogP contribution is -2.19. The maximum atomic E-state index is 7.18. The lowest BCUT2D eigenvalue weighted by molar-refractivity contribution is 0.271. The Labute approximate surface area is 635 Å². The number of ether oxygens (including phenoxy) is 1. The summed E-state index contributed by atoms with van der Waals surface area (Å²) < 4.78 is 13.8. The van der Waals surface area contributed by atoms with Crippen LogP contribution in [0.1, 0.15) is 63.3 Å². The topological polar surface area (TPSA) is 22.4 Å². The maximum Gasteiger partial charge on any atom is 0.135 e. The molecule has 2 heteroatoms. The molecule has 1 aliphatic heterocycles. The van der Waals surface area contributed by atoms with E-state index in [2.05, 4.69) is 370 Å². The predicted molar refractivity (Wildman–Crippen MR) is 466 cm³/mol. The van der Waals surface area contributed by atoms with Gasteiger partial charge in [0.2, 0.25) is 0 Å². The first-order valence-electron chi connectivity index (χ1n) is 38.9. The molecule has 0 amide bonds. The van der Waals surface area contributed by atoms with Gasteiger partial charge in [-0.25, -0.2) is 0 Å². The van der Waals surface area contributed by atoms with Crippen LogP contribution < -0.4 is 4.74 Å². The Morgan fingerprint density at radius 2 is 0.818 bits per heavy atom. The number of fused-ring (bicyclic) bond motifs is 24. The minimum atomic E-state index is -0.0430. The first-order chi connectivity index (χ1) is 54.6. The Morgan fingerprint density at radius 1 is 0.318 bits per heavy atom. The van der Waals surface area contributed by atoms with Crippen molar-refractivity contribution in [1.29, 1.82) is 0 Å². The first kappa shape index (κ1) is 61.5. The van der Waals surface area contributed by atoms with Crippen molar-refractivity contribution in [1.82, 2.24) is 0 Å². The fourth-order valence-electron chi connectivity index (χ4n) is 20.6. The second-order valence-corrected chi connectivity index (χ2v) is 30.8. The zero-order valence-corrected chi connectivity index (χ0v) is 60.1. The van der Waals surface area contributed by atoms with Crippen molar-refractivity contribution in [2.45, 2.75) is 30.3 Å². The van der Waals surface area contributed by atoms with Gasteiger partial charge < -0.3 is 9.15 Å². The van der Waals surface area contributed by atoms with Crippen LogP contribution in [0.3, 0.4) is 0 Å². The number of furan rings is 1. The second-order valence-electron chi connectivity index (χ2n) is 30.8. The number of allylic oxidation sites excluding steroid dienone is 11. The summed E-state index contributed by atoms with van der Waals surface area (Å²) in [6, 6.07) is 114. The van der Waals surface area contributed by atoms with Crippen molar-refractivity contribution in [3.63, 3.8) is 0 Å². The largest absolute Gasteiger partial charge is 0.485 e. The number of rotatable bonds is 7. The molecule has 2 nitrogen and oxygen atoms in total. The molecule has 0 saturated heterocycles. The third-order valence-corrected chi connectivity index (χ3v) is 25.3. The quantitative estimate of drug-likeness (QED) is 0.117. The Balaban J connectivity index is 0.592. The minimum absolute atomic E-state index is 0.0430. The molecule has 4 aliphatic carbocycles. The van der Waals surface area contributed by atoms with Crippen LogP contribution in [0.5, 0.6) is 5.75 Å². The van der Waals surface area contributed by atoms with Crippen LogP contribution >= 0.6 is 0 Å². The normalized spacial score (nSPS) is 17.8. The van der Waals surface area contributed by atoms with Crippen molar-refractivity contribution in [2.75, 3.05) is 0 Å². The van der Waals surface area contributed by atoms with Crippen molar-refractivity contribution < 1.29 is 9.15 Å². The van der Waals surface area contributed by atoms with Gasteiger partial charge in [-0.3, -0.25) is 0 Å². The van der Waals surface area contributed by atoms with Crippen LogP contribution in [0.2, 0.25) is 0 Å². The molecule has 512 valence electrons. The highest BCUT2D eigenvalue weighted by Gasteiger charge is 2.40. The summed E-state index contributed by atoms with van der Waals surface area (Å²) in [4.78, 5) is 0. The standard InChI is InChI=1S/C108H68O2/c1-3-26-73-63(22-1)48-52-71-60-93(79-29-6-8-31-81(79)100(71)73)104-90-40-17-13-36-86(90)102(87-37-14-18-41-91(87)104)70-25-19-24-67(59-70)76-43-21-45-96-107(76)108-83-33-10-5-28-78(83)92(62-98(108)110-96)69-54-56-77-68(58-69)51-53-72-61-94(80-30-7-9-32-82(80)101(72)77)103-88-38-15-11-34-84(88)99(85-35-12-16-39-89(85)103)66-49-46-65(47-50-66)75-42-20-44-95-105(75)106-74-27-4-2-23-64(74)55-57-97(106)109-95/h1-23,25-62,67,78,83,95,105H,24H2. The maximum absolute atomic E-state index is 7.18. The summed E-state index contributed by atoms with van der Waals surface area (Å²) in [5.41, 5.74) is 19.8. The smallest absolute Gasteiger partial charge is 0.135 e. The first-order valence-corrected chi connectivity index (χ1v) is 38.9. The van der Waals surface area contributed by atoms with Crippen LogP contribution in [-0.4, -0.2) is 6.10 Å². The number of benzene rings is 18. The molecule has 5 unspecified atom stereocenters. The second kappa shape index (κ2) is 23.9. The highest BCUT2D eigenvalue weighted by atomic mass is 16.5. The Bertz CT molecular complexity index is 7430. The molecule has 24 rings (SSSR count). The van der Waals surface area contributed by atoms with Crippen molar-refractivity contribution >= 4 is 152 Å². The Morgan fingerprint density at radius 3 is 1.45 bits per heavy atom. The average molecular weight is 1400 g/mol. The SMILES string of the molecule is C1=CC2Oc3ccc4ccccc4c3C2C(c2ccc(-c3c4ccccc4c(-c4cc5ccc6cc(C7=Cc8oc9cccc(C%10C=C(c%11c%12ccccc%12c(-c%12cc%13ccc%14ccccc%14c%13c%13ccccc%12%13)c%12ccccc%11%12)C=CC%10)c9c8C8C=CC=CC78)ccc6c5c5ccccc45)c4ccccc34)cc2)=C1. The molecule has 0 fully saturated rings. The van der Waals surface area contributed by atoms with Gasteiger partial charge in [0.1, 0.15) is 23.2 Å². The van der Waals surface area contributed by atoms with Crippen LogP contribution in [-0.2, 0) is 0 Å². The Kier molecular flexibility index (Phi) is 13.4. The lowest BCUT2D eigenvalue weighted by Gasteiger charge is -2.31. The van der Waals surface area contributed by atoms with Crippen LogP contribution in [0.4, 0.5) is 0 Å². The van der Waals surface area contributed by atoms with Gasteiger partial charge in [-0.1, -0.05) is 328 Å². The molecule has 0 N–H and O–H groups in total. The summed E-state index contributed by atoms with van der Waals surface area (Å²) in [5, 5.41) is 28.8. The van der Waals surface area contributed by atoms with Gasteiger partial charge in [0.25, 0.3) is 0 Å². The fraction of sp³-hybridized carbons (Fsp3) is 0.0556. The van der Waals surface area contributed by atoms with Crippen molar-refractivity contribution in [2.24, 2.45) is 5.92 Å². The van der Waals surface area contributed by atoms with E-state index in [-0.39, 0.29) is 29.8 Å². The molecule has 110 heavy (non-hydrogen) atoms. The fourth-order valence-corrected chi connectivity index (χ4v) is 20.6. The van der Waals surface area contributed by atoms with Gasteiger partial charge in [0.15, 0.2) is 0 Å². The molecule has 0 bridgehead atoms. The van der Waals surface area contributed by atoms with E-state index < -0.39 is 0 Å². The van der Waals surface area contributed by atoms with Crippen LogP contribution in [0, 0.1) is 5.92 Å². The number of hydrogen-bond donors (Lipinski definition) is 0. The molecule has 19 aromatic rings. The summed E-state index contributed by atoms with van der Waals surface area (Å²) >= 11 is 0. The summed E-state index contributed by atoms with van der Waals surface area (Å²) in [5.74, 6) is 2.35. The third kappa shape index (κ3) is 9.05. The molecular formula is C108H68O2. The highest BCUT2D eigenvalue weighted by Crippen LogP contribution is 2.56. The van der Waals surface area contributed by atoms with E-state index in [1.807, 2.05) is 0 Å². The van der Waals surface area contributed by atoms with Gasteiger partial charge in [-0.05, 0) is 240 Å². The molecule has 5 atom stereocenters. The summed E-state index contributed by atoms with van der Waals surface area (Å²) in [6.07, 6.45) is 26.6. The number of hydrogen-bond acceptors (Lipinski definition) is 2. The van der Waals surface area contributed by atoms with E-state index in [9.17, 15) is 0 Å². The average Bonchev–Trinajstić information content (AvgIpc) is 0.741. The molecule has 2 heterocycles. The Hall–Kier alpha value is -13.7. The van der Waals surface area contributed by atoms with Gasteiger partial charge in [0, 0.05) is 34.3 Å². The summed E-state index contributed by atoms with van der Waals surface area (Å²) in [6.45, 7) is 0. The van der Waals surface area contributed by atoms with Gasteiger partial charge in [-0.15, -0.1) is 0 Å². The van der Waals surface area contributed by atoms with Crippen molar-refractivity contribution in [3.05, 3.63) is 403 Å². The van der Waals surface area contributed by atoms with Crippen molar-refractivity contribution in [3.8, 4) is 39.1 Å². The van der Waals surface area contributed by atoms with E-state index >= 15 is 0 Å². The highest BCUT2D eigenvalue weighted by molar-refractivity contribution is 6.31. The van der Waals surface area contributed by atoms with E-state index in [4.69, 9.17) is 9.15 Å². The zero-order valence-electron chi connectivity index (χ0n) is 60.1. The van der Waals surface area contributed by atoms with Crippen LogP contribution in [0.15, 0.2) is 368 Å².